The van der Waals surface area contributed by atoms with Gasteiger partial charge in [-0.05, 0) is 38.2 Å². The van der Waals surface area contributed by atoms with E-state index in [1.165, 1.54) is 5.56 Å². The summed E-state index contributed by atoms with van der Waals surface area (Å²) in [5.41, 5.74) is -1.96. The van der Waals surface area contributed by atoms with Gasteiger partial charge in [-0.3, -0.25) is 4.79 Å². The van der Waals surface area contributed by atoms with Crippen LogP contribution in [0, 0.1) is 0 Å². The molecule has 0 aliphatic heterocycles. The quantitative estimate of drug-likeness (QED) is 0.339. The van der Waals surface area contributed by atoms with E-state index in [-0.39, 0.29) is 0 Å². The lowest BCUT2D eigenvalue weighted by atomic mass is 9.93. The Labute approximate surface area is 149 Å². The van der Waals surface area contributed by atoms with E-state index in [1.54, 1.807) is 12.1 Å². The van der Waals surface area contributed by atoms with E-state index in [0.717, 1.165) is 13.0 Å². The molecule has 2 atom stereocenters. The van der Waals surface area contributed by atoms with Gasteiger partial charge in [0.1, 0.15) is 5.75 Å². The molecule has 1 aromatic rings. The summed E-state index contributed by atoms with van der Waals surface area (Å²) >= 11 is 0. The lowest BCUT2D eigenvalue weighted by Crippen LogP contribution is -2.54. The Hall–Kier alpha value is -2.69. The molecule has 1 rings (SSSR count). The van der Waals surface area contributed by atoms with Gasteiger partial charge in [0.15, 0.2) is 6.10 Å². The largest absolute Gasteiger partial charge is 0.508 e. The number of aliphatic carboxylic acids is 3. The van der Waals surface area contributed by atoms with Gasteiger partial charge in [-0.1, -0.05) is 12.1 Å². The van der Waals surface area contributed by atoms with Crippen LogP contribution in [0.15, 0.2) is 24.3 Å². The van der Waals surface area contributed by atoms with Crippen molar-refractivity contribution in [2.24, 2.45) is 0 Å². The van der Waals surface area contributed by atoms with Crippen molar-refractivity contribution in [3.05, 3.63) is 29.8 Å². The molecule has 0 bridgehead atoms. The third kappa shape index (κ3) is 7.92. The summed E-state index contributed by atoms with van der Waals surface area (Å²) in [7, 11) is 4.11. The Morgan fingerprint density at radius 2 is 1.58 bits per heavy atom. The van der Waals surface area contributed by atoms with Crippen LogP contribution in [0.25, 0.3) is 0 Å². The number of carboxylic acid groups (broad SMARTS) is 3. The van der Waals surface area contributed by atoms with Gasteiger partial charge < -0.3 is 35.5 Å². The highest BCUT2D eigenvalue weighted by Crippen LogP contribution is 2.16. The van der Waals surface area contributed by atoms with Gasteiger partial charge in [-0.25, -0.2) is 9.59 Å². The maximum Gasteiger partial charge on any atom is 0.339 e. The first-order valence-electron chi connectivity index (χ1n) is 7.41. The number of hydrogen-bond donors (Lipinski definition) is 6. The zero-order valence-corrected chi connectivity index (χ0v) is 14.4. The van der Waals surface area contributed by atoms with Crippen molar-refractivity contribution < 1.29 is 45.0 Å². The summed E-state index contributed by atoms with van der Waals surface area (Å²) in [4.78, 5) is 32.8. The number of phenolic OH excluding ortho intramolecular Hbond substituents is 1. The van der Waals surface area contributed by atoms with Gasteiger partial charge >= 0.3 is 17.9 Å². The number of aliphatic hydroxyl groups excluding tert-OH is 1. The number of rotatable bonds is 8. The first kappa shape index (κ1) is 23.3. The minimum atomic E-state index is -3.22. The average Bonchev–Trinajstić information content (AvgIpc) is 2.53. The van der Waals surface area contributed by atoms with Crippen LogP contribution in [-0.4, -0.2) is 85.8 Å². The molecule has 146 valence electrons. The van der Waals surface area contributed by atoms with Crippen molar-refractivity contribution in [3.63, 3.8) is 0 Å². The predicted molar refractivity (Wildman–Crippen MR) is 88.8 cm³/mol. The van der Waals surface area contributed by atoms with E-state index in [1.807, 2.05) is 12.1 Å². The van der Waals surface area contributed by atoms with E-state index >= 15 is 0 Å². The fourth-order valence-electron chi connectivity index (χ4n) is 1.74. The molecule has 0 fully saturated rings. The first-order valence-corrected chi connectivity index (χ1v) is 7.41. The smallest absolute Gasteiger partial charge is 0.339 e. The normalized spacial score (nSPS) is 13.9. The molecular formula is C16H23NO9. The van der Waals surface area contributed by atoms with E-state index in [4.69, 9.17) is 30.6 Å². The van der Waals surface area contributed by atoms with Crippen LogP contribution < -0.4 is 0 Å². The molecule has 0 aromatic heterocycles. The first-order chi connectivity index (χ1) is 11.9. The van der Waals surface area contributed by atoms with Crippen molar-refractivity contribution in [3.8, 4) is 5.75 Å². The molecule has 0 spiro atoms. The Morgan fingerprint density at radius 3 is 1.92 bits per heavy atom. The van der Waals surface area contributed by atoms with Gasteiger partial charge in [-0.15, -0.1) is 0 Å². The SMILES string of the molecule is CN(C)CCc1ccc(O)cc1.O=C(O)CC(O)(C(=O)O)C(O)C(=O)O. The van der Waals surface area contributed by atoms with Crippen molar-refractivity contribution in [1.82, 2.24) is 4.90 Å². The number of aromatic hydroxyl groups is 1. The lowest BCUT2D eigenvalue weighted by molar-refractivity contribution is -0.187. The fourth-order valence-corrected chi connectivity index (χ4v) is 1.74. The Kier molecular flexibility index (Phi) is 9.27. The third-order valence-corrected chi connectivity index (χ3v) is 3.26. The maximum absolute atomic E-state index is 10.4. The zero-order chi connectivity index (χ0) is 20.5. The number of benzene rings is 1. The topological polar surface area (TPSA) is 176 Å². The molecule has 10 heteroatoms. The van der Waals surface area contributed by atoms with Crippen LogP contribution in [-0.2, 0) is 20.8 Å². The standard InChI is InChI=1S/C10H15NO.C6H8O8/c1-11(2)8-7-9-3-5-10(12)6-4-9;7-2(8)1-6(14,5(12)13)3(9)4(10)11/h3-6,12H,7-8H2,1-2H3;3,9,14H,1H2,(H,7,8)(H,10,11)(H,12,13). The van der Waals surface area contributed by atoms with E-state index in [0.29, 0.717) is 5.75 Å². The number of hydrogen-bond acceptors (Lipinski definition) is 7. The highest BCUT2D eigenvalue weighted by atomic mass is 16.4. The van der Waals surface area contributed by atoms with E-state index in [2.05, 4.69) is 19.0 Å². The molecule has 26 heavy (non-hydrogen) atoms. The molecule has 0 aliphatic rings. The molecule has 0 heterocycles. The summed E-state index contributed by atoms with van der Waals surface area (Å²) < 4.78 is 0. The number of carboxylic acids is 3. The van der Waals surface area contributed by atoms with Crippen molar-refractivity contribution in [2.75, 3.05) is 20.6 Å². The van der Waals surface area contributed by atoms with Crippen LogP contribution in [0.4, 0.5) is 0 Å². The Bertz CT molecular complexity index is 615. The monoisotopic (exact) mass is 373 g/mol. The Morgan fingerprint density at radius 1 is 1.08 bits per heavy atom. The van der Waals surface area contributed by atoms with Gasteiger partial charge in [0.25, 0.3) is 0 Å². The second kappa shape index (κ2) is 10.3. The Balaban J connectivity index is 0.000000485. The molecule has 0 saturated carbocycles. The summed E-state index contributed by atoms with van der Waals surface area (Å²) in [5, 5.41) is 51.7. The fraction of sp³-hybridized carbons (Fsp3) is 0.438. The highest BCUT2D eigenvalue weighted by Gasteiger charge is 2.49. The van der Waals surface area contributed by atoms with Crippen molar-refractivity contribution >= 4 is 17.9 Å². The van der Waals surface area contributed by atoms with Crippen LogP contribution >= 0.6 is 0 Å². The molecule has 1 aromatic carbocycles. The lowest BCUT2D eigenvalue weighted by Gasteiger charge is -2.23. The van der Waals surface area contributed by atoms with Gasteiger partial charge in [0, 0.05) is 6.54 Å². The number of likely N-dealkylation sites (N-methyl/N-ethyl adjacent to an activating group) is 1. The summed E-state index contributed by atoms with van der Waals surface area (Å²) in [5.74, 6) is -5.54. The third-order valence-electron chi connectivity index (χ3n) is 3.26. The number of phenols is 1. The molecule has 0 amide bonds. The minimum Gasteiger partial charge on any atom is -0.508 e. The average molecular weight is 373 g/mol. The molecule has 2 unspecified atom stereocenters. The van der Waals surface area contributed by atoms with Crippen LogP contribution in [0.1, 0.15) is 12.0 Å². The molecule has 10 nitrogen and oxygen atoms in total. The summed E-state index contributed by atoms with van der Waals surface area (Å²) in [6.45, 7) is 1.05. The van der Waals surface area contributed by atoms with Gasteiger partial charge in [0.2, 0.25) is 5.60 Å². The van der Waals surface area contributed by atoms with Crippen molar-refractivity contribution in [2.45, 2.75) is 24.5 Å². The summed E-state index contributed by atoms with van der Waals surface area (Å²) in [6.07, 6.45) is -3.07. The molecule has 0 saturated heterocycles. The highest BCUT2D eigenvalue weighted by molar-refractivity contribution is 5.90. The maximum atomic E-state index is 10.4. The van der Waals surface area contributed by atoms with Crippen molar-refractivity contribution in [1.29, 1.82) is 0 Å². The molecule has 0 radical (unpaired) electrons. The number of nitrogens with zero attached hydrogens (tertiary/aromatic N) is 1. The predicted octanol–water partition coefficient (Wildman–Crippen LogP) is -0.781. The molecular weight excluding hydrogens is 350 g/mol. The number of aliphatic hydroxyl groups is 2. The second-order valence-corrected chi connectivity index (χ2v) is 5.76. The molecule has 0 aliphatic carbocycles. The van der Waals surface area contributed by atoms with Crippen LogP contribution in [0.5, 0.6) is 5.75 Å². The minimum absolute atomic E-state index is 0.337. The second-order valence-electron chi connectivity index (χ2n) is 5.76. The van der Waals surface area contributed by atoms with E-state index in [9.17, 15) is 14.4 Å². The molecule has 6 N–H and O–H groups in total. The number of carbonyl (C=O) groups is 3. The van der Waals surface area contributed by atoms with Crippen LogP contribution in [0.3, 0.4) is 0 Å². The van der Waals surface area contributed by atoms with Gasteiger partial charge in [0.05, 0.1) is 6.42 Å². The summed E-state index contributed by atoms with van der Waals surface area (Å²) in [6, 6.07) is 7.37. The zero-order valence-electron chi connectivity index (χ0n) is 14.4. The van der Waals surface area contributed by atoms with Gasteiger partial charge in [-0.2, -0.15) is 0 Å². The van der Waals surface area contributed by atoms with Crippen LogP contribution in [0.2, 0.25) is 0 Å². The van der Waals surface area contributed by atoms with E-state index < -0.39 is 36.0 Å².